The van der Waals surface area contributed by atoms with Crippen molar-refractivity contribution in [2.24, 2.45) is 10.2 Å². The Hall–Kier alpha value is -4.91. The van der Waals surface area contributed by atoms with Gasteiger partial charge in [-0.25, -0.2) is 0 Å². The van der Waals surface area contributed by atoms with Gasteiger partial charge in [-0.15, -0.1) is 0 Å². The van der Waals surface area contributed by atoms with Crippen LogP contribution in [0.1, 0.15) is 12.8 Å². The van der Waals surface area contributed by atoms with Gasteiger partial charge in [-0.05, 0) is 0 Å². The van der Waals surface area contributed by atoms with E-state index in [1.54, 1.807) is 9.21 Å². The summed E-state index contributed by atoms with van der Waals surface area (Å²) in [5.41, 5.74) is 6.15. The SMILES string of the molecule is NCCCC[PH]1(Oc2ccccc2)N(Oc2ccccc2)P(Oc2ccccc2)N=P(Oc2ccccc2)(Oc2ccccc2)N1Oc1ccccc1. The molecular formula is C40H41N4O6P3. The molecule has 1 aliphatic heterocycles. The van der Waals surface area contributed by atoms with Crippen LogP contribution in [-0.2, 0) is 0 Å². The number of hydrogen-bond donors (Lipinski definition) is 1. The molecule has 0 spiro atoms. The molecule has 0 aromatic heterocycles. The van der Waals surface area contributed by atoms with E-state index in [1.807, 2.05) is 182 Å². The van der Waals surface area contributed by atoms with E-state index in [9.17, 15) is 0 Å². The van der Waals surface area contributed by atoms with Gasteiger partial charge in [0, 0.05) is 0 Å². The second-order valence-corrected chi connectivity index (χ2v) is 19.0. The van der Waals surface area contributed by atoms with E-state index in [0.717, 1.165) is 0 Å². The summed E-state index contributed by atoms with van der Waals surface area (Å²) in [7, 11) is -9.90. The van der Waals surface area contributed by atoms with Crippen LogP contribution < -0.4 is 33.5 Å². The van der Waals surface area contributed by atoms with Gasteiger partial charge in [-0.2, -0.15) is 0 Å². The van der Waals surface area contributed by atoms with Gasteiger partial charge in [0.1, 0.15) is 0 Å². The molecule has 0 amide bonds. The van der Waals surface area contributed by atoms with Crippen molar-refractivity contribution in [1.29, 1.82) is 0 Å². The molecule has 272 valence electrons. The maximum atomic E-state index is 7.40. The Morgan fingerprint density at radius 2 is 0.925 bits per heavy atom. The zero-order valence-corrected chi connectivity index (χ0v) is 31.7. The second-order valence-electron chi connectivity index (χ2n) is 11.8. The molecule has 13 heteroatoms. The minimum atomic E-state index is -3.97. The number of nitrogens with zero attached hydrogens (tertiary/aromatic N) is 3. The van der Waals surface area contributed by atoms with Crippen LogP contribution in [0.4, 0.5) is 0 Å². The first-order valence-electron chi connectivity index (χ1n) is 17.3. The van der Waals surface area contributed by atoms with E-state index in [0.29, 0.717) is 60.0 Å². The number of unbranched alkanes of at least 4 members (excludes halogenated alkanes) is 1. The summed E-state index contributed by atoms with van der Waals surface area (Å²) in [6, 6.07) is 57.2. The van der Waals surface area contributed by atoms with Crippen LogP contribution in [0.3, 0.4) is 0 Å². The number of benzene rings is 6. The van der Waals surface area contributed by atoms with E-state index in [1.165, 1.54) is 0 Å². The average molecular weight is 767 g/mol. The summed E-state index contributed by atoms with van der Waals surface area (Å²) >= 11 is 0. The molecular weight excluding hydrogens is 725 g/mol. The number of para-hydroxylation sites is 6. The van der Waals surface area contributed by atoms with Crippen molar-refractivity contribution in [3.8, 4) is 34.5 Å². The molecule has 0 saturated heterocycles. The van der Waals surface area contributed by atoms with Crippen LogP contribution in [0.15, 0.2) is 187 Å². The van der Waals surface area contributed by atoms with Crippen molar-refractivity contribution in [2.45, 2.75) is 12.8 Å². The molecule has 0 saturated carbocycles. The van der Waals surface area contributed by atoms with E-state index >= 15 is 0 Å². The topological polar surface area (TPSA) is 100 Å². The molecule has 1 atom stereocenters. The molecule has 1 unspecified atom stereocenters. The van der Waals surface area contributed by atoms with Gasteiger partial charge < -0.3 is 0 Å². The Labute approximate surface area is 312 Å². The molecule has 6 aromatic rings. The van der Waals surface area contributed by atoms with Crippen LogP contribution in [0.2, 0.25) is 0 Å². The standard InChI is InChI=1S/C40H41N4O6P3/c41-33-19-20-34-52(48-38-27-13-4-14-28-38)43(45-35-21-7-1-8-22-35)51(47-37-25-11-3-12-26-37)42-53(49-39-29-15-5-16-30-39,50-40-31-17-6-18-32-40)44(52)46-36-23-9-2-10-24-36/h1-18,21-32,52H,19-20,33-34,41H2. The fourth-order valence-electron chi connectivity index (χ4n) is 5.46. The number of hydrogen-bond acceptors (Lipinski definition) is 10. The molecule has 0 radical (unpaired) electrons. The van der Waals surface area contributed by atoms with E-state index < -0.39 is 23.9 Å². The molecule has 1 heterocycles. The Morgan fingerprint density at radius 1 is 0.509 bits per heavy atom. The van der Waals surface area contributed by atoms with E-state index in [2.05, 4.69) is 0 Å². The molecule has 6 aromatic carbocycles. The van der Waals surface area contributed by atoms with Crippen molar-refractivity contribution in [3.63, 3.8) is 0 Å². The first-order chi connectivity index (χ1) is 26.2. The van der Waals surface area contributed by atoms with Crippen molar-refractivity contribution < 1.29 is 27.8 Å². The van der Waals surface area contributed by atoms with Crippen LogP contribution in [0.25, 0.3) is 0 Å². The van der Waals surface area contributed by atoms with Gasteiger partial charge in [0.2, 0.25) is 0 Å². The summed E-state index contributed by atoms with van der Waals surface area (Å²) in [6.45, 7) is 0.482. The van der Waals surface area contributed by atoms with Crippen LogP contribution in [-0.4, -0.2) is 21.9 Å². The third kappa shape index (κ3) is 9.01. The third-order valence-corrected chi connectivity index (χ3v) is 17.7. The Bertz CT molecular complexity index is 2000. The predicted octanol–water partition coefficient (Wildman–Crippen LogP) is 11.3. The van der Waals surface area contributed by atoms with Gasteiger partial charge in [0.15, 0.2) is 0 Å². The molecule has 7 rings (SSSR count). The maximum absolute atomic E-state index is 7.40. The van der Waals surface area contributed by atoms with Crippen LogP contribution in [0.5, 0.6) is 34.5 Å². The first-order valence-corrected chi connectivity index (χ1v) is 22.0. The van der Waals surface area contributed by atoms with Crippen molar-refractivity contribution >= 4 is 23.9 Å². The summed E-state index contributed by atoms with van der Waals surface area (Å²) in [4.78, 5) is 14.0. The van der Waals surface area contributed by atoms with E-state index in [-0.39, 0.29) is 0 Å². The van der Waals surface area contributed by atoms with Crippen molar-refractivity contribution in [1.82, 2.24) is 9.21 Å². The fourth-order valence-corrected chi connectivity index (χ4v) is 16.8. The quantitative estimate of drug-likeness (QED) is 0.0762. The van der Waals surface area contributed by atoms with Crippen LogP contribution >= 0.6 is 23.9 Å². The zero-order chi connectivity index (χ0) is 36.2. The number of rotatable bonds is 16. The first kappa shape index (κ1) is 36.4. The summed E-state index contributed by atoms with van der Waals surface area (Å²) < 4.78 is 37.5. The summed E-state index contributed by atoms with van der Waals surface area (Å²) in [5, 5.41) is 0. The van der Waals surface area contributed by atoms with Crippen molar-refractivity contribution in [2.75, 3.05) is 12.7 Å². The van der Waals surface area contributed by atoms with Gasteiger partial charge in [-0.1, -0.05) is 0 Å². The van der Waals surface area contributed by atoms with Gasteiger partial charge >= 0.3 is 313 Å². The Kier molecular flexibility index (Phi) is 12.2. The van der Waals surface area contributed by atoms with Crippen molar-refractivity contribution in [3.05, 3.63) is 182 Å². The molecule has 0 fully saturated rings. The monoisotopic (exact) mass is 766 g/mol. The van der Waals surface area contributed by atoms with E-state index in [4.69, 9.17) is 38.0 Å². The summed E-state index contributed by atoms with van der Waals surface area (Å²) in [5.74, 6) is 3.34. The minimum absolute atomic E-state index is 0.434. The molecule has 2 N–H and O–H groups in total. The Balaban J connectivity index is 1.55. The molecule has 1 aliphatic rings. The Morgan fingerprint density at radius 3 is 1.40 bits per heavy atom. The van der Waals surface area contributed by atoms with Crippen LogP contribution in [0, 0.1) is 0 Å². The van der Waals surface area contributed by atoms with Gasteiger partial charge in [0.25, 0.3) is 0 Å². The molecule has 10 nitrogen and oxygen atoms in total. The normalized spacial score (nSPS) is 17.0. The fraction of sp³-hybridized carbons (Fsp3) is 0.100. The van der Waals surface area contributed by atoms with Gasteiger partial charge in [0.05, 0.1) is 0 Å². The second kappa shape index (κ2) is 17.7. The third-order valence-electron chi connectivity index (χ3n) is 7.89. The predicted molar refractivity (Wildman–Crippen MR) is 214 cm³/mol. The number of nitrogens with two attached hydrogens (primary N) is 1. The summed E-state index contributed by atoms with van der Waals surface area (Å²) in [6.07, 6.45) is 1.80. The zero-order valence-electron chi connectivity index (χ0n) is 28.9. The molecule has 0 aliphatic carbocycles. The molecule has 53 heavy (non-hydrogen) atoms. The average Bonchev–Trinajstić information content (AvgIpc) is 3.20. The van der Waals surface area contributed by atoms with Gasteiger partial charge in [-0.3, -0.25) is 0 Å². The molecule has 0 bridgehead atoms.